The number of amides is 2. The SMILES string of the molecule is CC(C)CC1C(=O)NC(C)CN1C(=O)C1=NC(c2ccc(F)cc2)ON1.c1ccsc1. The van der Waals surface area contributed by atoms with Gasteiger partial charge in [-0.2, -0.15) is 11.3 Å². The third-order valence-corrected chi connectivity index (χ3v) is 5.42. The molecule has 0 saturated carbocycles. The lowest BCUT2D eigenvalue weighted by molar-refractivity contribution is -0.141. The van der Waals surface area contributed by atoms with Crippen LogP contribution >= 0.6 is 11.3 Å². The molecule has 0 bridgehead atoms. The Balaban J connectivity index is 0.000000478. The highest BCUT2D eigenvalue weighted by Crippen LogP contribution is 2.23. The molecule has 166 valence electrons. The van der Waals surface area contributed by atoms with Gasteiger partial charge in [-0.3, -0.25) is 9.59 Å². The Labute approximate surface area is 185 Å². The van der Waals surface area contributed by atoms with Crippen molar-refractivity contribution in [2.45, 2.75) is 45.5 Å². The molecule has 4 rings (SSSR count). The van der Waals surface area contributed by atoms with Crippen molar-refractivity contribution in [3.63, 3.8) is 0 Å². The highest BCUT2D eigenvalue weighted by molar-refractivity contribution is 7.07. The number of hydroxylamine groups is 1. The Hall–Kier alpha value is -2.78. The van der Waals surface area contributed by atoms with Crippen LogP contribution in [0.1, 0.15) is 39.0 Å². The standard InChI is InChI=1S/C18H23FN4O3.C4H4S/c1-10(2)8-14-16(24)20-11(3)9-23(14)18(25)15-21-17(26-22-15)12-4-6-13(19)7-5-12;1-2-4-5-3-1/h4-7,10-11,14,17H,8-9H2,1-3H3,(H,20,24)(H,21,22);1-4H. The topological polar surface area (TPSA) is 83.0 Å². The summed E-state index contributed by atoms with van der Waals surface area (Å²) in [7, 11) is 0. The Bertz CT molecular complexity index is 885. The van der Waals surface area contributed by atoms with Crippen molar-refractivity contribution in [1.82, 2.24) is 15.7 Å². The lowest BCUT2D eigenvalue weighted by atomic mass is 9.98. The number of halogens is 1. The fourth-order valence-corrected chi connectivity index (χ4v) is 3.82. The minimum absolute atomic E-state index is 0.0509. The highest BCUT2D eigenvalue weighted by Gasteiger charge is 2.39. The average molecular weight is 447 g/mol. The average Bonchev–Trinajstić information content (AvgIpc) is 3.45. The number of thiophene rings is 1. The molecule has 2 amide bonds. The molecule has 3 atom stereocenters. The third kappa shape index (κ3) is 6.11. The maximum absolute atomic E-state index is 13.1. The Morgan fingerprint density at radius 1 is 1.29 bits per heavy atom. The molecule has 2 N–H and O–H groups in total. The molecule has 7 nitrogen and oxygen atoms in total. The zero-order valence-corrected chi connectivity index (χ0v) is 18.6. The van der Waals surface area contributed by atoms with Gasteiger partial charge in [-0.15, -0.1) is 0 Å². The van der Waals surface area contributed by atoms with Crippen molar-refractivity contribution in [2.24, 2.45) is 10.9 Å². The minimum atomic E-state index is -0.728. The number of aliphatic imine (C=N–C) groups is 1. The van der Waals surface area contributed by atoms with Crippen LogP contribution in [0.3, 0.4) is 0 Å². The molecule has 1 aromatic heterocycles. The highest BCUT2D eigenvalue weighted by atomic mass is 32.1. The summed E-state index contributed by atoms with van der Waals surface area (Å²) in [6, 6.07) is 9.09. The summed E-state index contributed by atoms with van der Waals surface area (Å²) in [4.78, 5) is 36.4. The first-order valence-corrected chi connectivity index (χ1v) is 11.1. The Morgan fingerprint density at radius 3 is 2.55 bits per heavy atom. The van der Waals surface area contributed by atoms with Gasteiger partial charge in [-0.1, -0.05) is 38.1 Å². The van der Waals surface area contributed by atoms with Gasteiger partial charge in [0.05, 0.1) is 0 Å². The number of hydrogen-bond donors (Lipinski definition) is 2. The van der Waals surface area contributed by atoms with Gasteiger partial charge in [0.15, 0.2) is 0 Å². The second-order valence-electron chi connectivity index (χ2n) is 7.91. The molecule has 0 radical (unpaired) electrons. The lowest BCUT2D eigenvalue weighted by Crippen LogP contribution is -2.62. The number of rotatable bonds is 4. The maximum atomic E-state index is 13.1. The molecular formula is C22H27FN4O3S. The van der Waals surface area contributed by atoms with Crippen molar-refractivity contribution < 1.29 is 18.8 Å². The molecule has 3 unspecified atom stereocenters. The maximum Gasteiger partial charge on any atom is 0.291 e. The number of piperazine rings is 1. The molecule has 3 heterocycles. The zero-order chi connectivity index (χ0) is 22.4. The zero-order valence-electron chi connectivity index (χ0n) is 17.7. The van der Waals surface area contributed by atoms with E-state index in [1.54, 1.807) is 28.4 Å². The Kier molecular flexibility index (Phi) is 7.75. The lowest BCUT2D eigenvalue weighted by Gasteiger charge is -2.38. The number of hydrogen-bond acceptors (Lipinski definition) is 6. The van der Waals surface area contributed by atoms with E-state index in [1.807, 2.05) is 43.7 Å². The van der Waals surface area contributed by atoms with Crippen molar-refractivity contribution >= 4 is 29.0 Å². The van der Waals surface area contributed by atoms with Crippen LogP contribution < -0.4 is 10.8 Å². The third-order valence-electron chi connectivity index (χ3n) is 4.79. The predicted molar refractivity (Wildman–Crippen MR) is 118 cm³/mol. The van der Waals surface area contributed by atoms with Gasteiger partial charge in [0.1, 0.15) is 11.9 Å². The van der Waals surface area contributed by atoms with Crippen LogP contribution in [0.5, 0.6) is 0 Å². The summed E-state index contributed by atoms with van der Waals surface area (Å²) in [5.74, 6) is -0.571. The quantitative estimate of drug-likeness (QED) is 0.755. The molecular weight excluding hydrogens is 419 g/mol. The largest absolute Gasteiger partial charge is 0.350 e. The monoisotopic (exact) mass is 446 g/mol. The van der Waals surface area contributed by atoms with Gasteiger partial charge in [-0.25, -0.2) is 19.7 Å². The van der Waals surface area contributed by atoms with E-state index < -0.39 is 12.3 Å². The van der Waals surface area contributed by atoms with E-state index in [4.69, 9.17) is 4.84 Å². The second-order valence-corrected chi connectivity index (χ2v) is 8.72. The molecule has 0 aliphatic carbocycles. The van der Waals surface area contributed by atoms with Gasteiger partial charge in [0, 0.05) is 18.2 Å². The Morgan fingerprint density at radius 2 is 1.97 bits per heavy atom. The van der Waals surface area contributed by atoms with Crippen molar-refractivity contribution in [3.8, 4) is 0 Å². The van der Waals surface area contributed by atoms with Crippen LogP contribution in [0.25, 0.3) is 0 Å². The summed E-state index contributed by atoms with van der Waals surface area (Å²) >= 11 is 1.71. The number of carbonyl (C=O) groups is 2. The van der Waals surface area contributed by atoms with Crippen LogP contribution in [-0.2, 0) is 14.4 Å². The van der Waals surface area contributed by atoms with E-state index in [1.165, 1.54) is 12.1 Å². The number of nitrogens with one attached hydrogen (secondary N) is 2. The number of amidine groups is 1. The summed E-state index contributed by atoms with van der Waals surface area (Å²) in [5, 5.41) is 6.97. The van der Waals surface area contributed by atoms with Crippen LogP contribution in [0.4, 0.5) is 4.39 Å². The second kappa shape index (κ2) is 10.5. The van der Waals surface area contributed by atoms with Gasteiger partial charge >= 0.3 is 0 Å². The minimum Gasteiger partial charge on any atom is -0.350 e. The molecule has 2 aromatic rings. The first-order chi connectivity index (χ1) is 14.8. The first kappa shape index (κ1) is 22.9. The summed E-state index contributed by atoms with van der Waals surface area (Å²) in [5.41, 5.74) is 3.18. The normalized spacial score (nSPS) is 22.9. The van der Waals surface area contributed by atoms with Gasteiger partial charge in [0.2, 0.25) is 18.0 Å². The number of nitrogens with zero attached hydrogens (tertiary/aromatic N) is 2. The van der Waals surface area contributed by atoms with Gasteiger partial charge < -0.3 is 10.2 Å². The predicted octanol–water partition coefficient (Wildman–Crippen LogP) is 3.27. The van der Waals surface area contributed by atoms with E-state index in [0.717, 1.165) is 0 Å². The van der Waals surface area contributed by atoms with Gasteiger partial charge in [0.25, 0.3) is 5.91 Å². The number of carbonyl (C=O) groups excluding carboxylic acids is 2. The molecule has 1 fully saturated rings. The summed E-state index contributed by atoms with van der Waals surface area (Å²) in [6.07, 6.45) is -0.158. The molecule has 1 saturated heterocycles. The molecule has 9 heteroatoms. The number of benzene rings is 1. The fourth-order valence-electron chi connectivity index (χ4n) is 3.37. The summed E-state index contributed by atoms with van der Waals surface area (Å²) in [6.45, 7) is 6.27. The van der Waals surface area contributed by atoms with Crippen LogP contribution in [-0.4, -0.2) is 41.2 Å². The molecule has 2 aliphatic heterocycles. The fraction of sp³-hybridized carbons (Fsp3) is 0.409. The molecule has 0 spiro atoms. The summed E-state index contributed by atoms with van der Waals surface area (Å²) < 4.78 is 13.1. The van der Waals surface area contributed by atoms with Crippen molar-refractivity contribution in [1.29, 1.82) is 0 Å². The van der Waals surface area contributed by atoms with Crippen molar-refractivity contribution in [2.75, 3.05) is 6.54 Å². The van der Waals surface area contributed by atoms with E-state index in [0.29, 0.717) is 18.5 Å². The van der Waals surface area contributed by atoms with Crippen LogP contribution in [0, 0.1) is 11.7 Å². The molecule has 31 heavy (non-hydrogen) atoms. The smallest absolute Gasteiger partial charge is 0.291 e. The van der Waals surface area contributed by atoms with E-state index >= 15 is 0 Å². The van der Waals surface area contributed by atoms with Crippen LogP contribution in [0.2, 0.25) is 0 Å². The van der Waals surface area contributed by atoms with Crippen LogP contribution in [0.15, 0.2) is 52.2 Å². The van der Waals surface area contributed by atoms with E-state index in [-0.39, 0.29) is 35.4 Å². The van der Waals surface area contributed by atoms with E-state index in [9.17, 15) is 14.0 Å². The van der Waals surface area contributed by atoms with Crippen molar-refractivity contribution in [3.05, 3.63) is 58.5 Å². The molecule has 1 aromatic carbocycles. The van der Waals surface area contributed by atoms with E-state index in [2.05, 4.69) is 15.8 Å². The van der Waals surface area contributed by atoms with Gasteiger partial charge in [-0.05, 0) is 42.2 Å². The first-order valence-electron chi connectivity index (χ1n) is 10.2. The molecule has 2 aliphatic rings.